The molecule has 1 aliphatic carbocycles. The van der Waals surface area contributed by atoms with Gasteiger partial charge in [0, 0.05) is 11.0 Å². The maximum atomic E-state index is 12.1. The van der Waals surface area contributed by atoms with Crippen LogP contribution >= 0.6 is 0 Å². The highest BCUT2D eigenvalue weighted by molar-refractivity contribution is 5.72. The molecule has 0 aliphatic heterocycles. The summed E-state index contributed by atoms with van der Waals surface area (Å²) < 4.78 is 5.42. The second-order valence-corrected chi connectivity index (χ2v) is 5.89. The summed E-state index contributed by atoms with van der Waals surface area (Å²) in [7, 11) is 0. The lowest BCUT2D eigenvalue weighted by Gasteiger charge is -2.30. The zero-order valence-electron chi connectivity index (χ0n) is 13.0. The molecule has 0 bridgehead atoms. The highest BCUT2D eigenvalue weighted by Gasteiger charge is 2.30. The predicted octanol–water partition coefficient (Wildman–Crippen LogP) is 4.63. The number of carbonyl (C=O) groups excluding carboxylic acids is 1. The molecule has 118 valence electrons. The molecular formula is C17H23N3O2. The summed E-state index contributed by atoms with van der Waals surface area (Å²) in [6.07, 6.45) is 4.38. The van der Waals surface area contributed by atoms with E-state index in [1.54, 1.807) is 0 Å². The van der Waals surface area contributed by atoms with Gasteiger partial charge in [-0.25, -0.2) is 0 Å². The first-order valence-electron chi connectivity index (χ1n) is 7.99. The van der Waals surface area contributed by atoms with Crippen LogP contribution < -0.4 is 0 Å². The molecule has 22 heavy (non-hydrogen) atoms. The molecule has 0 saturated heterocycles. The van der Waals surface area contributed by atoms with E-state index in [4.69, 9.17) is 10.3 Å². The molecule has 1 aromatic carbocycles. The van der Waals surface area contributed by atoms with E-state index in [1.807, 2.05) is 37.3 Å². The monoisotopic (exact) mass is 301 g/mol. The fourth-order valence-electron chi connectivity index (χ4n) is 3.16. The number of rotatable bonds is 6. The van der Waals surface area contributed by atoms with Gasteiger partial charge in [-0.05, 0) is 49.1 Å². The highest BCUT2D eigenvalue weighted by atomic mass is 16.5. The van der Waals surface area contributed by atoms with Gasteiger partial charge in [-0.2, -0.15) is 0 Å². The van der Waals surface area contributed by atoms with Crippen LogP contribution in [0.25, 0.3) is 10.4 Å². The number of benzene rings is 1. The van der Waals surface area contributed by atoms with E-state index in [9.17, 15) is 4.79 Å². The van der Waals surface area contributed by atoms with E-state index in [1.165, 1.54) is 0 Å². The first kappa shape index (κ1) is 16.4. The van der Waals surface area contributed by atoms with Crippen molar-refractivity contribution in [3.05, 3.63) is 46.3 Å². The van der Waals surface area contributed by atoms with Gasteiger partial charge in [-0.3, -0.25) is 4.79 Å². The third-order valence-corrected chi connectivity index (χ3v) is 4.49. The van der Waals surface area contributed by atoms with Crippen LogP contribution in [0.3, 0.4) is 0 Å². The third-order valence-electron chi connectivity index (χ3n) is 4.49. The Morgan fingerprint density at radius 3 is 2.59 bits per heavy atom. The average molecular weight is 301 g/mol. The van der Waals surface area contributed by atoms with Crippen LogP contribution in [0.5, 0.6) is 0 Å². The van der Waals surface area contributed by atoms with Crippen LogP contribution in [0, 0.1) is 11.8 Å². The molecule has 0 heterocycles. The summed E-state index contributed by atoms with van der Waals surface area (Å²) in [6.45, 7) is 2.38. The predicted molar refractivity (Wildman–Crippen MR) is 84.9 cm³/mol. The molecule has 0 aromatic heterocycles. The molecule has 1 aliphatic rings. The zero-order chi connectivity index (χ0) is 15.8. The SMILES string of the molecule is CCC(N=[N+]=[N-])[C@H]1CC[C@H](C(=O)OCc2ccccc2)CC1. The fraction of sp³-hybridized carbons (Fsp3) is 0.588. The third kappa shape index (κ3) is 4.50. The van der Waals surface area contributed by atoms with Crippen molar-refractivity contribution in [3.63, 3.8) is 0 Å². The molecule has 1 atom stereocenters. The molecular weight excluding hydrogens is 278 g/mol. The van der Waals surface area contributed by atoms with Gasteiger partial charge >= 0.3 is 5.97 Å². The minimum Gasteiger partial charge on any atom is -0.461 e. The molecule has 5 heteroatoms. The van der Waals surface area contributed by atoms with Crippen molar-refractivity contribution in [2.24, 2.45) is 17.0 Å². The van der Waals surface area contributed by atoms with Gasteiger partial charge in [0.15, 0.2) is 0 Å². The standard InChI is InChI=1S/C17H23N3O2/c1-2-16(19-20-18)14-8-10-15(11-9-14)17(21)22-12-13-6-4-3-5-7-13/h3-7,14-16H,2,8-12H2,1H3/t14-,15-,16?. The molecule has 1 aromatic rings. The molecule has 1 unspecified atom stereocenters. The first-order valence-corrected chi connectivity index (χ1v) is 7.99. The summed E-state index contributed by atoms with van der Waals surface area (Å²) >= 11 is 0. The number of nitrogens with zero attached hydrogens (tertiary/aromatic N) is 3. The molecule has 0 N–H and O–H groups in total. The van der Waals surface area contributed by atoms with E-state index in [0.717, 1.165) is 37.7 Å². The second-order valence-electron chi connectivity index (χ2n) is 5.89. The van der Waals surface area contributed by atoms with Gasteiger partial charge in [0.2, 0.25) is 0 Å². The van der Waals surface area contributed by atoms with Crippen LogP contribution in [0.2, 0.25) is 0 Å². The van der Waals surface area contributed by atoms with E-state index in [2.05, 4.69) is 10.0 Å². The van der Waals surface area contributed by atoms with Crippen molar-refractivity contribution in [2.45, 2.75) is 51.7 Å². The van der Waals surface area contributed by atoms with Gasteiger partial charge in [0.1, 0.15) is 6.61 Å². The van der Waals surface area contributed by atoms with Gasteiger partial charge in [0.25, 0.3) is 0 Å². The molecule has 1 fully saturated rings. The number of esters is 1. The molecule has 0 amide bonds. The lowest BCUT2D eigenvalue weighted by Crippen LogP contribution is -2.28. The Bertz CT molecular complexity index is 518. The highest BCUT2D eigenvalue weighted by Crippen LogP contribution is 2.33. The van der Waals surface area contributed by atoms with Crippen molar-refractivity contribution in [3.8, 4) is 0 Å². The Morgan fingerprint density at radius 2 is 2.00 bits per heavy atom. The Labute approximate surface area is 131 Å². The quantitative estimate of drug-likeness (QED) is 0.332. The normalized spacial score (nSPS) is 22.4. The molecule has 1 saturated carbocycles. The maximum absolute atomic E-state index is 12.1. The average Bonchev–Trinajstić information content (AvgIpc) is 2.58. The van der Waals surface area contributed by atoms with Crippen molar-refractivity contribution in [1.29, 1.82) is 0 Å². The Balaban J connectivity index is 1.78. The van der Waals surface area contributed by atoms with Gasteiger partial charge in [-0.15, -0.1) is 0 Å². The van der Waals surface area contributed by atoms with Crippen LogP contribution in [-0.4, -0.2) is 12.0 Å². The summed E-state index contributed by atoms with van der Waals surface area (Å²) in [5.41, 5.74) is 9.61. The number of hydrogen-bond donors (Lipinski definition) is 0. The topological polar surface area (TPSA) is 75.1 Å². The van der Waals surface area contributed by atoms with Crippen LogP contribution in [0.1, 0.15) is 44.6 Å². The Kier molecular flexibility index (Phi) is 6.28. The van der Waals surface area contributed by atoms with E-state index >= 15 is 0 Å². The summed E-state index contributed by atoms with van der Waals surface area (Å²) in [5.74, 6) is 0.293. The van der Waals surface area contributed by atoms with Gasteiger partial charge < -0.3 is 4.74 Å². The minimum absolute atomic E-state index is 0.0106. The lowest BCUT2D eigenvalue weighted by atomic mass is 9.78. The summed E-state index contributed by atoms with van der Waals surface area (Å²) in [5, 5.41) is 3.88. The summed E-state index contributed by atoms with van der Waals surface area (Å²) in [4.78, 5) is 15.1. The van der Waals surface area contributed by atoms with Crippen molar-refractivity contribution in [2.75, 3.05) is 0 Å². The fourth-order valence-corrected chi connectivity index (χ4v) is 3.16. The molecule has 2 rings (SSSR count). The second kappa shape index (κ2) is 8.44. The number of carbonyl (C=O) groups is 1. The Morgan fingerprint density at radius 1 is 1.32 bits per heavy atom. The largest absolute Gasteiger partial charge is 0.461 e. The smallest absolute Gasteiger partial charge is 0.309 e. The lowest BCUT2D eigenvalue weighted by molar-refractivity contribution is -0.151. The molecule has 5 nitrogen and oxygen atoms in total. The Hall–Kier alpha value is -2.00. The minimum atomic E-state index is -0.0980. The summed E-state index contributed by atoms with van der Waals surface area (Å²) in [6, 6.07) is 9.79. The maximum Gasteiger partial charge on any atom is 0.309 e. The van der Waals surface area contributed by atoms with Crippen molar-refractivity contribution in [1.82, 2.24) is 0 Å². The van der Waals surface area contributed by atoms with Crippen LogP contribution in [0.15, 0.2) is 35.4 Å². The van der Waals surface area contributed by atoms with Crippen molar-refractivity contribution < 1.29 is 9.53 Å². The van der Waals surface area contributed by atoms with E-state index in [0.29, 0.717) is 12.5 Å². The van der Waals surface area contributed by atoms with E-state index in [-0.39, 0.29) is 17.9 Å². The number of hydrogen-bond acceptors (Lipinski definition) is 3. The van der Waals surface area contributed by atoms with Crippen LogP contribution in [0.4, 0.5) is 0 Å². The van der Waals surface area contributed by atoms with Gasteiger partial charge in [0.05, 0.1) is 5.92 Å². The molecule has 0 radical (unpaired) electrons. The number of ether oxygens (including phenoxy) is 1. The number of azide groups is 1. The first-order chi connectivity index (χ1) is 10.7. The van der Waals surface area contributed by atoms with Crippen molar-refractivity contribution >= 4 is 5.97 Å². The van der Waals surface area contributed by atoms with Crippen LogP contribution in [-0.2, 0) is 16.1 Å². The zero-order valence-corrected chi connectivity index (χ0v) is 13.0. The van der Waals surface area contributed by atoms with Gasteiger partial charge in [-0.1, -0.05) is 42.4 Å². The van der Waals surface area contributed by atoms with E-state index < -0.39 is 0 Å². The molecule has 0 spiro atoms.